The number of nitrogens with one attached hydrogen (secondary N) is 1. The second-order valence-corrected chi connectivity index (χ2v) is 5.89. The van der Waals surface area contributed by atoms with Gasteiger partial charge in [-0.1, -0.05) is 17.7 Å². The van der Waals surface area contributed by atoms with Gasteiger partial charge in [0.15, 0.2) is 6.61 Å². The van der Waals surface area contributed by atoms with E-state index in [1.165, 1.54) is 41.3 Å². The number of benzene rings is 2. The van der Waals surface area contributed by atoms with Crippen LogP contribution >= 0.6 is 11.6 Å². The van der Waals surface area contributed by atoms with E-state index in [1.807, 2.05) is 0 Å². The third-order valence-electron chi connectivity index (χ3n) is 3.29. The first-order chi connectivity index (χ1) is 12.3. The van der Waals surface area contributed by atoms with Gasteiger partial charge in [0.05, 0.1) is 21.6 Å². The zero-order chi connectivity index (χ0) is 19.3. The van der Waals surface area contributed by atoms with Gasteiger partial charge in [0.25, 0.3) is 17.5 Å². The maximum atomic E-state index is 12.0. The Hall–Kier alpha value is -3.13. The first-order valence-corrected chi connectivity index (χ1v) is 7.84. The number of hydrogen-bond donors (Lipinski definition) is 1. The predicted molar refractivity (Wildman–Crippen MR) is 96.7 cm³/mol. The van der Waals surface area contributed by atoms with Crippen molar-refractivity contribution in [2.45, 2.75) is 0 Å². The van der Waals surface area contributed by atoms with Crippen LogP contribution in [0.3, 0.4) is 0 Å². The molecule has 9 heteroatoms. The molecule has 1 N–H and O–H groups in total. The molecule has 0 aliphatic rings. The molecule has 0 unspecified atom stereocenters. The summed E-state index contributed by atoms with van der Waals surface area (Å²) >= 11 is 6.08. The fraction of sp³-hybridized carbons (Fsp3) is 0.176. The Labute approximate surface area is 154 Å². The lowest BCUT2D eigenvalue weighted by atomic mass is 10.2. The molecular formula is C17H16ClN3O5. The summed E-state index contributed by atoms with van der Waals surface area (Å²) in [7, 11) is 3.22. The number of anilines is 1. The zero-order valence-corrected chi connectivity index (χ0v) is 14.8. The molecule has 2 aromatic rings. The highest BCUT2D eigenvalue weighted by molar-refractivity contribution is 6.34. The van der Waals surface area contributed by atoms with E-state index in [2.05, 4.69) is 5.32 Å². The smallest absolute Gasteiger partial charge is 0.273 e. The van der Waals surface area contributed by atoms with Gasteiger partial charge in [0.2, 0.25) is 0 Å². The summed E-state index contributed by atoms with van der Waals surface area (Å²) in [5.41, 5.74) is 0.594. The summed E-state index contributed by atoms with van der Waals surface area (Å²) in [5, 5.41) is 13.5. The lowest BCUT2D eigenvalue weighted by Crippen LogP contribution is -2.22. The van der Waals surface area contributed by atoms with Crippen molar-refractivity contribution in [1.29, 1.82) is 0 Å². The van der Waals surface area contributed by atoms with Crippen LogP contribution in [0.5, 0.6) is 5.75 Å². The highest BCUT2D eigenvalue weighted by atomic mass is 35.5. The quantitative estimate of drug-likeness (QED) is 0.616. The van der Waals surface area contributed by atoms with Gasteiger partial charge in [0, 0.05) is 25.8 Å². The van der Waals surface area contributed by atoms with Gasteiger partial charge < -0.3 is 15.0 Å². The second-order valence-electron chi connectivity index (χ2n) is 5.49. The van der Waals surface area contributed by atoms with Crippen LogP contribution in [0.4, 0.5) is 11.4 Å². The molecule has 0 bridgehead atoms. The Bertz CT molecular complexity index is 854. The molecular weight excluding hydrogens is 362 g/mol. The standard InChI is InChI=1S/C17H16ClN3O5/c1-20(2)17(23)14-7-6-11(8-15(14)18)19-16(22)10-26-13-5-3-4-12(9-13)21(24)25/h3-9H,10H2,1-2H3,(H,19,22). The molecule has 26 heavy (non-hydrogen) atoms. The molecule has 0 spiro atoms. The van der Waals surface area contributed by atoms with Crippen LogP contribution in [0.2, 0.25) is 5.02 Å². The Kier molecular flexibility index (Phi) is 6.13. The average molecular weight is 378 g/mol. The van der Waals surface area contributed by atoms with E-state index in [4.69, 9.17) is 16.3 Å². The third kappa shape index (κ3) is 4.93. The van der Waals surface area contributed by atoms with E-state index in [0.717, 1.165) is 0 Å². The SMILES string of the molecule is CN(C)C(=O)c1ccc(NC(=O)COc2cccc([N+](=O)[O-])c2)cc1Cl. The van der Waals surface area contributed by atoms with Gasteiger partial charge in [-0.2, -0.15) is 0 Å². The molecule has 2 rings (SSSR count). The van der Waals surface area contributed by atoms with Crippen LogP contribution in [0.1, 0.15) is 10.4 Å². The van der Waals surface area contributed by atoms with Crippen molar-refractivity contribution in [2.24, 2.45) is 0 Å². The Morgan fingerprint density at radius 2 is 1.96 bits per heavy atom. The first-order valence-electron chi connectivity index (χ1n) is 7.46. The minimum absolute atomic E-state index is 0.129. The van der Waals surface area contributed by atoms with Gasteiger partial charge in [-0.05, 0) is 24.3 Å². The Balaban J connectivity index is 1.98. The summed E-state index contributed by atoms with van der Waals surface area (Å²) < 4.78 is 5.24. The summed E-state index contributed by atoms with van der Waals surface area (Å²) in [4.78, 5) is 35.4. The lowest BCUT2D eigenvalue weighted by molar-refractivity contribution is -0.384. The largest absolute Gasteiger partial charge is 0.484 e. The maximum Gasteiger partial charge on any atom is 0.273 e. The molecule has 2 aromatic carbocycles. The molecule has 0 saturated carbocycles. The number of amides is 2. The van der Waals surface area contributed by atoms with Crippen molar-refractivity contribution in [3.63, 3.8) is 0 Å². The normalized spacial score (nSPS) is 10.1. The molecule has 8 nitrogen and oxygen atoms in total. The van der Waals surface area contributed by atoms with Crippen molar-refractivity contribution < 1.29 is 19.2 Å². The summed E-state index contributed by atoms with van der Waals surface area (Å²) in [6.07, 6.45) is 0. The molecule has 0 saturated heterocycles. The fourth-order valence-electron chi connectivity index (χ4n) is 2.04. The minimum atomic E-state index is -0.550. The van der Waals surface area contributed by atoms with Crippen LogP contribution in [-0.4, -0.2) is 42.3 Å². The number of hydrogen-bond acceptors (Lipinski definition) is 5. The third-order valence-corrected chi connectivity index (χ3v) is 3.60. The number of carbonyl (C=O) groups is 2. The Morgan fingerprint density at radius 1 is 1.23 bits per heavy atom. The van der Waals surface area contributed by atoms with Crippen molar-refractivity contribution in [2.75, 3.05) is 26.0 Å². The average Bonchev–Trinajstić information content (AvgIpc) is 2.59. The van der Waals surface area contributed by atoms with Crippen LogP contribution < -0.4 is 10.1 Å². The van der Waals surface area contributed by atoms with Crippen molar-refractivity contribution in [1.82, 2.24) is 4.90 Å². The number of non-ortho nitro benzene ring substituents is 1. The number of ether oxygens (including phenoxy) is 1. The summed E-state index contributed by atoms with van der Waals surface area (Å²) in [6, 6.07) is 10.1. The summed E-state index contributed by atoms with van der Waals surface area (Å²) in [5.74, 6) is -0.513. The van der Waals surface area contributed by atoms with Crippen molar-refractivity contribution >= 4 is 34.8 Å². The number of nitrogens with zero attached hydrogens (tertiary/aromatic N) is 2. The van der Waals surface area contributed by atoms with E-state index >= 15 is 0 Å². The lowest BCUT2D eigenvalue weighted by Gasteiger charge is -2.13. The monoisotopic (exact) mass is 377 g/mol. The minimum Gasteiger partial charge on any atom is -0.484 e. The Morgan fingerprint density at radius 3 is 2.58 bits per heavy atom. The van der Waals surface area contributed by atoms with Crippen LogP contribution in [0.15, 0.2) is 42.5 Å². The predicted octanol–water partition coefficient (Wildman–Crippen LogP) is 2.97. The van der Waals surface area contributed by atoms with Crippen molar-refractivity contribution in [3.8, 4) is 5.75 Å². The molecule has 136 valence electrons. The van der Waals surface area contributed by atoms with Gasteiger partial charge in [0.1, 0.15) is 5.75 Å². The van der Waals surface area contributed by atoms with Gasteiger partial charge in [-0.25, -0.2) is 0 Å². The highest BCUT2D eigenvalue weighted by Gasteiger charge is 2.14. The van der Waals surface area contributed by atoms with Gasteiger partial charge in [-0.15, -0.1) is 0 Å². The van der Waals surface area contributed by atoms with E-state index in [-0.39, 0.29) is 29.0 Å². The number of carbonyl (C=O) groups excluding carboxylic acids is 2. The molecule has 2 amide bonds. The molecule has 0 fully saturated rings. The van der Waals surface area contributed by atoms with Crippen LogP contribution in [0, 0.1) is 10.1 Å². The zero-order valence-electron chi connectivity index (χ0n) is 14.1. The number of rotatable bonds is 6. The first kappa shape index (κ1) is 19.2. The number of halogens is 1. The van der Waals surface area contributed by atoms with Gasteiger partial charge in [-0.3, -0.25) is 19.7 Å². The fourth-order valence-corrected chi connectivity index (χ4v) is 2.30. The number of nitro groups is 1. The molecule has 0 aromatic heterocycles. The molecule has 0 aliphatic heterocycles. The second kappa shape index (κ2) is 8.30. The highest BCUT2D eigenvalue weighted by Crippen LogP contribution is 2.22. The van der Waals surface area contributed by atoms with Gasteiger partial charge >= 0.3 is 0 Å². The van der Waals surface area contributed by atoms with Crippen molar-refractivity contribution in [3.05, 3.63) is 63.2 Å². The number of nitro benzene ring substituents is 1. The molecule has 0 radical (unpaired) electrons. The maximum absolute atomic E-state index is 12.0. The van der Waals surface area contributed by atoms with E-state index in [0.29, 0.717) is 11.3 Å². The van der Waals surface area contributed by atoms with E-state index in [9.17, 15) is 19.7 Å². The molecule has 0 heterocycles. The van der Waals surface area contributed by atoms with Crippen LogP contribution in [-0.2, 0) is 4.79 Å². The van der Waals surface area contributed by atoms with E-state index in [1.54, 1.807) is 20.2 Å². The topological polar surface area (TPSA) is 102 Å². The summed E-state index contributed by atoms with van der Waals surface area (Å²) in [6.45, 7) is -0.336. The van der Waals surface area contributed by atoms with E-state index < -0.39 is 10.8 Å². The molecule has 0 atom stereocenters. The molecule has 0 aliphatic carbocycles. The van der Waals surface area contributed by atoms with Crippen LogP contribution in [0.25, 0.3) is 0 Å².